The maximum atomic E-state index is 11.9. The number of halogens is 1. The van der Waals surface area contributed by atoms with Gasteiger partial charge in [-0.1, -0.05) is 15.9 Å². The van der Waals surface area contributed by atoms with Gasteiger partial charge in [0, 0.05) is 9.86 Å². The van der Waals surface area contributed by atoms with Crippen molar-refractivity contribution < 1.29 is 9.53 Å². The molecule has 0 unspecified atom stereocenters. The monoisotopic (exact) mass is 308 g/mol. The van der Waals surface area contributed by atoms with Crippen molar-refractivity contribution >= 4 is 38.5 Å². The third kappa shape index (κ3) is 2.18. The number of aromatic nitrogens is 1. The molecule has 2 N–H and O–H groups in total. The first kappa shape index (κ1) is 12.8. The summed E-state index contributed by atoms with van der Waals surface area (Å²) in [5.74, 6) is -0.429. The maximum absolute atomic E-state index is 11.9. The van der Waals surface area contributed by atoms with Gasteiger partial charge < -0.3 is 10.5 Å². The van der Waals surface area contributed by atoms with Crippen molar-refractivity contribution in [3.05, 3.63) is 33.9 Å². The normalized spacial score (nSPS) is 10.6. The van der Waals surface area contributed by atoms with Crippen LogP contribution in [0.1, 0.15) is 23.0 Å². The van der Waals surface area contributed by atoms with Crippen molar-refractivity contribution in [2.75, 3.05) is 12.3 Å². The molecule has 1 aromatic carbocycles. The molecule has 0 amide bonds. The highest BCUT2D eigenvalue weighted by Gasteiger charge is 2.18. The third-order valence-corrected chi connectivity index (χ3v) is 3.14. The quantitative estimate of drug-likeness (QED) is 0.866. The van der Waals surface area contributed by atoms with Crippen molar-refractivity contribution in [1.29, 1.82) is 0 Å². The average molecular weight is 309 g/mol. The zero-order valence-corrected chi connectivity index (χ0v) is 11.7. The number of pyridine rings is 1. The standard InChI is InChI=1S/C13H13BrN2O2/c1-3-18-13(17)11-7(2)16-10-5-4-8(14)6-9(10)12(11)15/h4-6H,3H2,1-2H3,(H2,15,16). The molecule has 0 saturated heterocycles. The van der Waals surface area contributed by atoms with E-state index in [1.807, 2.05) is 18.2 Å². The van der Waals surface area contributed by atoms with Gasteiger partial charge in [-0.3, -0.25) is 4.98 Å². The summed E-state index contributed by atoms with van der Waals surface area (Å²) < 4.78 is 5.89. The number of nitrogen functional groups attached to an aromatic ring is 1. The lowest BCUT2D eigenvalue weighted by molar-refractivity contribution is 0.0526. The predicted octanol–water partition coefficient (Wildman–Crippen LogP) is 3.06. The summed E-state index contributed by atoms with van der Waals surface area (Å²) in [4.78, 5) is 16.2. The Morgan fingerprint density at radius 3 is 2.89 bits per heavy atom. The fraction of sp³-hybridized carbons (Fsp3) is 0.231. The van der Waals surface area contributed by atoms with E-state index in [2.05, 4.69) is 20.9 Å². The maximum Gasteiger partial charge on any atom is 0.342 e. The van der Waals surface area contributed by atoms with E-state index in [0.29, 0.717) is 23.6 Å². The number of esters is 1. The predicted molar refractivity (Wildman–Crippen MR) is 74.5 cm³/mol. The van der Waals surface area contributed by atoms with Crippen LogP contribution in [0.4, 0.5) is 5.69 Å². The largest absolute Gasteiger partial charge is 0.462 e. The van der Waals surface area contributed by atoms with E-state index >= 15 is 0 Å². The van der Waals surface area contributed by atoms with Crippen molar-refractivity contribution in [2.24, 2.45) is 0 Å². The number of fused-ring (bicyclic) bond motifs is 1. The van der Waals surface area contributed by atoms with Gasteiger partial charge in [0.1, 0.15) is 5.56 Å². The number of aryl methyl sites for hydroxylation is 1. The molecule has 0 radical (unpaired) electrons. The highest BCUT2D eigenvalue weighted by atomic mass is 79.9. The highest BCUT2D eigenvalue weighted by molar-refractivity contribution is 9.10. The van der Waals surface area contributed by atoms with Crippen molar-refractivity contribution in [3.8, 4) is 0 Å². The van der Waals surface area contributed by atoms with Crippen LogP contribution in [0.15, 0.2) is 22.7 Å². The van der Waals surface area contributed by atoms with Gasteiger partial charge in [-0.2, -0.15) is 0 Å². The second-order valence-corrected chi connectivity index (χ2v) is 4.78. The van der Waals surface area contributed by atoms with E-state index in [1.165, 1.54) is 0 Å². The minimum atomic E-state index is -0.429. The lowest BCUT2D eigenvalue weighted by Crippen LogP contribution is -2.11. The van der Waals surface area contributed by atoms with Crippen LogP contribution in [0.3, 0.4) is 0 Å². The summed E-state index contributed by atoms with van der Waals surface area (Å²) in [6.07, 6.45) is 0. The van der Waals surface area contributed by atoms with Crippen molar-refractivity contribution in [3.63, 3.8) is 0 Å². The smallest absolute Gasteiger partial charge is 0.342 e. The number of nitrogens with two attached hydrogens (primary N) is 1. The summed E-state index contributed by atoms with van der Waals surface area (Å²) in [6.45, 7) is 3.83. The van der Waals surface area contributed by atoms with Gasteiger partial charge in [0.15, 0.2) is 0 Å². The number of benzene rings is 1. The van der Waals surface area contributed by atoms with Crippen LogP contribution in [0.5, 0.6) is 0 Å². The Balaban J connectivity index is 2.70. The molecule has 0 bridgehead atoms. The van der Waals surface area contributed by atoms with E-state index in [4.69, 9.17) is 10.5 Å². The van der Waals surface area contributed by atoms with Crippen LogP contribution < -0.4 is 5.73 Å². The van der Waals surface area contributed by atoms with Crippen molar-refractivity contribution in [1.82, 2.24) is 4.98 Å². The van der Waals surface area contributed by atoms with Gasteiger partial charge in [-0.05, 0) is 32.0 Å². The lowest BCUT2D eigenvalue weighted by Gasteiger charge is -2.11. The molecule has 4 nitrogen and oxygen atoms in total. The second kappa shape index (κ2) is 4.94. The highest BCUT2D eigenvalue weighted by Crippen LogP contribution is 2.28. The van der Waals surface area contributed by atoms with Gasteiger partial charge in [-0.25, -0.2) is 4.79 Å². The van der Waals surface area contributed by atoms with Gasteiger partial charge >= 0.3 is 5.97 Å². The molecule has 2 rings (SSSR count). The molecule has 94 valence electrons. The van der Waals surface area contributed by atoms with E-state index in [0.717, 1.165) is 15.4 Å². The van der Waals surface area contributed by atoms with Crippen LogP contribution in [-0.4, -0.2) is 17.6 Å². The molecule has 0 fully saturated rings. The van der Waals surface area contributed by atoms with Crippen molar-refractivity contribution in [2.45, 2.75) is 13.8 Å². The Morgan fingerprint density at radius 2 is 2.22 bits per heavy atom. The summed E-state index contributed by atoms with van der Waals surface area (Å²) in [7, 11) is 0. The number of carbonyl (C=O) groups excluding carboxylic acids is 1. The van der Waals surface area contributed by atoms with Crippen LogP contribution in [0.25, 0.3) is 10.9 Å². The molecule has 1 aromatic heterocycles. The molecule has 0 aliphatic carbocycles. The number of ether oxygens (including phenoxy) is 1. The Hall–Kier alpha value is -1.62. The Bertz CT molecular complexity index is 626. The Morgan fingerprint density at radius 1 is 1.50 bits per heavy atom. The van der Waals surface area contributed by atoms with Crippen LogP contribution >= 0.6 is 15.9 Å². The molecule has 0 spiro atoms. The first-order chi connectivity index (χ1) is 8.54. The summed E-state index contributed by atoms with van der Waals surface area (Å²) in [6, 6.07) is 5.59. The molecular weight excluding hydrogens is 296 g/mol. The van der Waals surface area contributed by atoms with Gasteiger partial charge in [0.2, 0.25) is 0 Å². The molecule has 5 heteroatoms. The van der Waals surface area contributed by atoms with E-state index in [9.17, 15) is 4.79 Å². The fourth-order valence-corrected chi connectivity index (χ4v) is 2.21. The lowest BCUT2D eigenvalue weighted by atomic mass is 10.1. The number of carbonyl (C=O) groups is 1. The van der Waals surface area contributed by atoms with E-state index in [1.54, 1.807) is 13.8 Å². The topological polar surface area (TPSA) is 65.2 Å². The zero-order valence-electron chi connectivity index (χ0n) is 10.2. The molecule has 0 saturated carbocycles. The minimum absolute atomic E-state index is 0.314. The summed E-state index contributed by atoms with van der Waals surface area (Å²) in [5.41, 5.74) is 8.17. The van der Waals surface area contributed by atoms with E-state index < -0.39 is 5.97 Å². The molecule has 0 atom stereocenters. The number of hydrogen-bond donors (Lipinski definition) is 1. The number of rotatable bonds is 2. The first-order valence-corrected chi connectivity index (χ1v) is 6.36. The fourth-order valence-electron chi connectivity index (χ4n) is 1.85. The number of hydrogen-bond acceptors (Lipinski definition) is 4. The SMILES string of the molecule is CCOC(=O)c1c(C)nc2ccc(Br)cc2c1N. The molecule has 0 aliphatic rings. The number of anilines is 1. The molecular formula is C13H13BrN2O2. The zero-order chi connectivity index (χ0) is 13.3. The molecule has 1 heterocycles. The van der Waals surface area contributed by atoms with Gasteiger partial charge in [0.05, 0.1) is 23.5 Å². The first-order valence-electron chi connectivity index (χ1n) is 5.57. The summed E-state index contributed by atoms with van der Waals surface area (Å²) >= 11 is 3.38. The average Bonchev–Trinajstić information content (AvgIpc) is 2.31. The molecule has 0 aliphatic heterocycles. The van der Waals surface area contributed by atoms with Crippen LogP contribution in [0, 0.1) is 6.92 Å². The van der Waals surface area contributed by atoms with Crippen LogP contribution in [0.2, 0.25) is 0 Å². The Kier molecular flexibility index (Phi) is 3.52. The Labute approximate surface area is 113 Å². The minimum Gasteiger partial charge on any atom is -0.462 e. The van der Waals surface area contributed by atoms with E-state index in [-0.39, 0.29) is 0 Å². The van der Waals surface area contributed by atoms with Crippen LogP contribution in [-0.2, 0) is 4.74 Å². The van der Waals surface area contributed by atoms with Gasteiger partial charge in [-0.15, -0.1) is 0 Å². The third-order valence-electron chi connectivity index (χ3n) is 2.65. The molecule has 18 heavy (non-hydrogen) atoms. The number of nitrogens with zero attached hydrogens (tertiary/aromatic N) is 1. The second-order valence-electron chi connectivity index (χ2n) is 3.87. The summed E-state index contributed by atoms with van der Waals surface area (Å²) in [5, 5.41) is 0.748. The molecule has 2 aromatic rings. The van der Waals surface area contributed by atoms with Gasteiger partial charge in [0.25, 0.3) is 0 Å².